The lowest BCUT2D eigenvalue weighted by atomic mass is 10.2. The summed E-state index contributed by atoms with van der Waals surface area (Å²) in [5.74, 6) is 0.543. The number of hydrogen-bond donors (Lipinski definition) is 0. The molecule has 0 radical (unpaired) electrons. The van der Waals surface area contributed by atoms with E-state index in [-0.39, 0.29) is 0 Å². The van der Waals surface area contributed by atoms with Gasteiger partial charge in [0.2, 0.25) is 0 Å². The monoisotopic (exact) mass is 236 g/mol. The Balaban J connectivity index is 2.85. The van der Waals surface area contributed by atoms with Crippen LogP contribution in [0.2, 0.25) is 0 Å². The van der Waals surface area contributed by atoms with E-state index >= 15 is 0 Å². The van der Waals surface area contributed by atoms with Crippen molar-refractivity contribution in [3.8, 4) is 0 Å². The van der Waals surface area contributed by atoms with Gasteiger partial charge >= 0.3 is 0 Å². The molecule has 0 saturated carbocycles. The molecule has 0 atom stereocenters. The Morgan fingerprint density at radius 1 is 1.67 bits per heavy atom. The van der Waals surface area contributed by atoms with E-state index in [0.717, 1.165) is 5.69 Å². The molecule has 0 bridgehead atoms. The van der Waals surface area contributed by atoms with Crippen molar-refractivity contribution >= 4 is 22.9 Å². The first-order valence-electron chi connectivity index (χ1n) is 2.90. The van der Waals surface area contributed by atoms with Crippen LogP contribution in [0, 0.1) is 0 Å². The van der Waals surface area contributed by atoms with Gasteiger partial charge in [0, 0.05) is 6.20 Å². The van der Waals surface area contributed by atoms with Gasteiger partial charge in [0.05, 0.1) is 28.6 Å². The molecule has 0 aliphatic carbocycles. The first kappa shape index (κ1) is 7.05. The summed E-state index contributed by atoms with van der Waals surface area (Å²) in [6.45, 7) is 4.28. The van der Waals surface area contributed by atoms with Crippen molar-refractivity contribution in [1.29, 1.82) is 0 Å². The molecule has 0 fully saturated rings. The summed E-state index contributed by atoms with van der Waals surface area (Å²) < 4.78 is 1.94. The van der Waals surface area contributed by atoms with Crippen LogP contribution in [0.15, 0.2) is 12.5 Å². The number of rotatable bonds is 1. The number of imidazole rings is 1. The highest BCUT2D eigenvalue weighted by atomic mass is 127. The van der Waals surface area contributed by atoms with E-state index < -0.39 is 0 Å². The van der Waals surface area contributed by atoms with Gasteiger partial charge in [-0.25, -0.2) is 4.98 Å². The smallest absolute Gasteiger partial charge is 0.104 e. The minimum absolute atomic E-state index is 0.543. The summed E-state index contributed by atoms with van der Waals surface area (Å²) in [5.41, 5.74) is 1.16. The lowest BCUT2D eigenvalue weighted by Gasteiger charge is -1.94. The van der Waals surface area contributed by atoms with E-state index in [9.17, 15) is 0 Å². The van der Waals surface area contributed by atoms with E-state index in [1.54, 1.807) is 0 Å². The van der Waals surface area contributed by atoms with Crippen molar-refractivity contribution in [1.82, 2.24) is 7.76 Å². The third-order valence-corrected chi connectivity index (χ3v) is 1.69. The molecular formula is C6H9IN2. The van der Waals surface area contributed by atoms with E-state index in [1.807, 2.05) is 15.3 Å². The molecule has 0 aliphatic heterocycles. The highest BCUT2D eigenvalue weighted by Crippen LogP contribution is 2.11. The van der Waals surface area contributed by atoms with Gasteiger partial charge in [0.25, 0.3) is 0 Å². The molecule has 2 nitrogen and oxygen atoms in total. The first-order chi connectivity index (χ1) is 4.20. The Hall–Kier alpha value is -0.0600. The molecule has 3 heteroatoms. The Kier molecular flexibility index (Phi) is 2.10. The van der Waals surface area contributed by atoms with Crippen LogP contribution in [0.4, 0.5) is 0 Å². The van der Waals surface area contributed by atoms with Crippen LogP contribution in [0.1, 0.15) is 25.5 Å². The molecule has 0 aromatic carbocycles. The zero-order valence-corrected chi connectivity index (χ0v) is 7.66. The number of hydrogen-bond acceptors (Lipinski definition) is 1. The maximum Gasteiger partial charge on any atom is 0.104 e. The molecule has 0 amide bonds. The van der Waals surface area contributed by atoms with Crippen LogP contribution in [0.5, 0.6) is 0 Å². The maximum absolute atomic E-state index is 4.17. The number of aromatic nitrogens is 2. The topological polar surface area (TPSA) is 17.8 Å². The van der Waals surface area contributed by atoms with E-state index in [1.165, 1.54) is 0 Å². The van der Waals surface area contributed by atoms with Crippen LogP contribution >= 0.6 is 22.9 Å². The second kappa shape index (κ2) is 2.68. The van der Waals surface area contributed by atoms with Crippen molar-refractivity contribution in [3.05, 3.63) is 18.2 Å². The van der Waals surface area contributed by atoms with Crippen molar-refractivity contribution in [3.63, 3.8) is 0 Å². The third kappa shape index (κ3) is 1.67. The third-order valence-electron chi connectivity index (χ3n) is 1.16. The average molecular weight is 236 g/mol. The van der Waals surface area contributed by atoms with Gasteiger partial charge in [0.15, 0.2) is 0 Å². The van der Waals surface area contributed by atoms with Gasteiger partial charge in [-0.15, -0.1) is 0 Å². The van der Waals surface area contributed by atoms with Crippen molar-refractivity contribution in [2.24, 2.45) is 0 Å². The summed E-state index contributed by atoms with van der Waals surface area (Å²) >= 11 is 2.19. The number of nitrogens with zero attached hydrogens (tertiary/aromatic N) is 2. The van der Waals surface area contributed by atoms with Gasteiger partial charge in [-0.3, -0.25) is 2.78 Å². The molecule has 1 heterocycles. The quantitative estimate of drug-likeness (QED) is 0.683. The van der Waals surface area contributed by atoms with E-state index in [2.05, 4.69) is 41.7 Å². The summed E-state index contributed by atoms with van der Waals surface area (Å²) in [6.07, 6.45) is 3.85. The molecule has 1 aromatic rings. The molecule has 9 heavy (non-hydrogen) atoms. The van der Waals surface area contributed by atoms with Gasteiger partial charge in [0.1, 0.15) is 6.33 Å². The highest BCUT2D eigenvalue weighted by molar-refractivity contribution is 14.1. The van der Waals surface area contributed by atoms with Crippen LogP contribution in [0.25, 0.3) is 0 Å². The fraction of sp³-hybridized carbons (Fsp3) is 0.500. The van der Waals surface area contributed by atoms with Gasteiger partial charge < -0.3 is 0 Å². The number of halogens is 1. The Morgan fingerprint density at radius 3 is 2.56 bits per heavy atom. The Morgan fingerprint density at radius 2 is 2.33 bits per heavy atom. The molecule has 1 rings (SSSR count). The van der Waals surface area contributed by atoms with Gasteiger partial charge in [-0.05, 0) is 5.92 Å². The Bertz CT molecular complexity index is 193. The normalized spacial score (nSPS) is 10.7. The first-order valence-corrected chi connectivity index (χ1v) is 3.86. The average Bonchev–Trinajstić information content (AvgIpc) is 2.14. The summed E-state index contributed by atoms with van der Waals surface area (Å²) in [5, 5.41) is 0. The second-order valence-electron chi connectivity index (χ2n) is 2.30. The van der Waals surface area contributed by atoms with E-state index in [4.69, 9.17) is 0 Å². The maximum atomic E-state index is 4.17. The van der Waals surface area contributed by atoms with Gasteiger partial charge in [-0.2, -0.15) is 0 Å². The largest absolute Gasteiger partial charge is 0.278 e. The standard InChI is InChI=1S/C6H9IN2/c1-5(2)6-3-9(7)4-8-6/h3-5H,1-2H3. The SMILES string of the molecule is CC(C)c1cn(I)cn1. The predicted octanol–water partition coefficient (Wildman–Crippen LogP) is 2.20. The summed E-state index contributed by atoms with van der Waals surface area (Å²) in [6, 6.07) is 0. The molecular weight excluding hydrogens is 227 g/mol. The fourth-order valence-corrected chi connectivity index (χ4v) is 1.02. The van der Waals surface area contributed by atoms with Crippen LogP contribution < -0.4 is 0 Å². The van der Waals surface area contributed by atoms with E-state index in [0.29, 0.717) is 5.92 Å². The summed E-state index contributed by atoms with van der Waals surface area (Å²) in [7, 11) is 0. The molecule has 0 spiro atoms. The van der Waals surface area contributed by atoms with Crippen LogP contribution in [-0.4, -0.2) is 7.76 Å². The molecule has 0 unspecified atom stereocenters. The minimum Gasteiger partial charge on any atom is -0.278 e. The Labute approximate surface area is 68.8 Å². The zero-order valence-electron chi connectivity index (χ0n) is 5.50. The molecule has 50 valence electrons. The lowest BCUT2D eigenvalue weighted by Crippen LogP contribution is -1.84. The zero-order chi connectivity index (χ0) is 6.85. The van der Waals surface area contributed by atoms with Crippen molar-refractivity contribution in [2.75, 3.05) is 0 Å². The fourth-order valence-electron chi connectivity index (χ4n) is 0.613. The molecule has 0 N–H and O–H groups in total. The molecule has 1 aromatic heterocycles. The summed E-state index contributed by atoms with van der Waals surface area (Å²) in [4.78, 5) is 4.17. The molecule has 0 saturated heterocycles. The van der Waals surface area contributed by atoms with Crippen molar-refractivity contribution < 1.29 is 0 Å². The lowest BCUT2D eigenvalue weighted by molar-refractivity contribution is 0.832. The highest BCUT2D eigenvalue weighted by Gasteiger charge is 1.99. The van der Waals surface area contributed by atoms with Gasteiger partial charge in [-0.1, -0.05) is 13.8 Å². The van der Waals surface area contributed by atoms with Crippen LogP contribution in [-0.2, 0) is 0 Å². The minimum atomic E-state index is 0.543. The molecule has 0 aliphatic rings. The van der Waals surface area contributed by atoms with Crippen molar-refractivity contribution in [2.45, 2.75) is 19.8 Å². The van der Waals surface area contributed by atoms with Crippen LogP contribution in [0.3, 0.4) is 0 Å². The second-order valence-corrected chi connectivity index (χ2v) is 3.41. The predicted molar refractivity (Wildman–Crippen MR) is 45.7 cm³/mol.